The molecule has 30 heavy (non-hydrogen) atoms. The lowest BCUT2D eigenvalue weighted by Gasteiger charge is -2.35. The van der Waals surface area contributed by atoms with Gasteiger partial charge in [-0.25, -0.2) is 8.42 Å². The first kappa shape index (κ1) is 23.2. The topological polar surface area (TPSA) is 60.9 Å². The molecule has 3 rings (SSSR count). The van der Waals surface area contributed by atoms with Crippen LogP contribution in [0.15, 0.2) is 29.2 Å². The van der Waals surface area contributed by atoms with Crippen LogP contribution < -0.4 is 0 Å². The molecule has 7 heteroatoms. The second-order valence-electron chi connectivity index (χ2n) is 9.15. The largest absolute Gasteiger partial charge is 0.336 e. The highest BCUT2D eigenvalue weighted by atomic mass is 32.2. The molecule has 2 aliphatic rings. The maximum atomic E-state index is 13.0. The van der Waals surface area contributed by atoms with E-state index < -0.39 is 10.0 Å². The van der Waals surface area contributed by atoms with E-state index in [1.54, 1.807) is 31.3 Å². The summed E-state index contributed by atoms with van der Waals surface area (Å²) in [6, 6.07) is 6.57. The highest BCUT2D eigenvalue weighted by Gasteiger charge is 2.29. The van der Waals surface area contributed by atoms with E-state index in [0.717, 1.165) is 58.4 Å². The van der Waals surface area contributed by atoms with Crippen LogP contribution in [-0.4, -0.2) is 74.2 Å². The van der Waals surface area contributed by atoms with Crippen LogP contribution in [0.25, 0.3) is 0 Å². The normalized spacial score (nSPS) is 19.6. The van der Waals surface area contributed by atoms with Gasteiger partial charge in [0.15, 0.2) is 0 Å². The summed E-state index contributed by atoms with van der Waals surface area (Å²) < 4.78 is 27.5. The van der Waals surface area contributed by atoms with Gasteiger partial charge in [0.25, 0.3) is 5.91 Å². The fourth-order valence-corrected chi connectivity index (χ4v) is 5.79. The van der Waals surface area contributed by atoms with Gasteiger partial charge in [0.1, 0.15) is 0 Å². The van der Waals surface area contributed by atoms with Crippen molar-refractivity contribution in [3.8, 4) is 0 Å². The molecule has 1 aromatic rings. The Hall–Kier alpha value is -1.44. The Bertz CT molecular complexity index is 793. The number of rotatable bonds is 7. The summed E-state index contributed by atoms with van der Waals surface area (Å²) in [6.07, 6.45) is 6.39. The number of nitrogens with zero attached hydrogens (tertiary/aromatic N) is 3. The van der Waals surface area contributed by atoms with Crippen molar-refractivity contribution in [2.24, 2.45) is 5.92 Å². The monoisotopic (exact) mass is 435 g/mol. The van der Waals surface area contributed by atoms with E-state index in [-0.39, 0.29) is 16.8 Å². The van der Waals surface area contributed by atoms with E-state index >= 15 is 0 Å². The molecule has 1 amide bonds. The minimum atomic E-state index is -3.52. The van der Waals surface area contributed by atoms with Crippen LogP contribution >= 0.6 is 0 Å². The van der Waals surface area contributed by atoms with Gasteiger partial charge in [-0.3, -0.25) is 9.69 Å². The van der Waals surface area contributed by atoms with Gasteiger partial charge in [-0.2, -0.15) is 4.31 Å². The molecule has 1 aliphatic heterocycles. The maximum Gasteiger partial charge on any atom is 0.253 e. The molecule has 6 nitrogen and oxygen atoms in total. The van der Waals surface area contributed by atoms with Crippen molar-refractivity contribution in [1.82, 2.24) is 14.1 Å². The predicted octanol–water partition coefficient (Wildman–Crippen LogP) is 3.44. The summed E-state index contributed by atoms with van der Waals surface area (Å²) in [7, 11) is -1.84. The zero-order chi connectivity index (χ0) is 21.7. The van der Waals surface area contributed by atoms with Gasteiger partial charge in [0, 0.05) is 44.8 Å². The van der Waals surface area contributed by atoms with Gasteiger partial charge < -0.3 is 4.90 Å². The van der Waals surface area contributed by atoms with E-state index in [4.69, 9.17) is 0 Å². The minimum absolute atomic E-state index is 0.0110. The number of sulfonamides is 1. The predicted molar refractivity (Wildman–Crippen MR) is 120 cm³/mol. The van der Waals surface area contributed by atoms with Crippen LogP contribution in [0.1, 0.15) is 62.7 Å². The third kappa shape index (κ3) is 5.62. The standard InChI is InChI=1S/C23H37N3O3S/c1-19(2)13-14-25-15-17-26(18-16-25)23(27)20-9-11-22(12-10-20)30(28,29)24(3)21-7-5-4-6-8-21/h9-12,19,21H,4-8,13-18H2,1-3H3. The molecular weight excluding hydrogens is 398 g/mol. The average molecular weight is 436 g/mol. The smallest absolute Gasteiger partial charge is 0.253 e. The number of hydrogen-bond donors (Lipinski definition) is 0. The van der Waals surface area contributed by atoms with Crippen molar-refractivity contribution < 1.29 is 13.2 Å². The number of hydrogen-bond acceptors (Lipinski definition) is 4. The highest BCUT2D eigenvalue weighted by molar-refractivity contribution is 7.89. The fraction of sp³-hybridized carbons (Fsp3) is 0.696. The average Bonchev–Trinajstić information content (AvgIpc) is 2.77. The van der Waals surface area contributed by atoms with Gasteiger partial charge in [-0.1, -0.05) is 33.1 Å². The molecule has 2 fully saturated rings. The minimum Gasteiger partial charge on any atom is -0.336 e. The Balaban J connectivity index is 1.59. The number of benzene rings is 1. The van der Waals surface area contributed by atoms with Crippen LogP contribution in [0.4, 0.5) is 0 Å². The van der Waals surface area contributed by atoms with Gasteiger partial charge >= 0.3 is 0 Å². The molecule has 168 valence electrons. The SMILES string of the molecule is CC(C)CCN1CCN(C(=O)c2ccc(S(=O)(=O)N(C)C3CCCCC3)cc2)CC1. The first-order chi connectivity index (χ1) is 14.3. The molecule has 1 aliphatic carbocycles. The number of piperazine rings is 1. The molecule has 0 atom stereocenters. The lowest BCUT2D eigenvalue weighted by molar-refractivity contribution is 0.0631. The van der Waals surface area contributed by atoms with E-state index in [2.05, 4.69) is 18.7 Å². The van der Waals surface area contributed by atoms with Crippen molar-refractivity contribution in [3.05, 3.63) is 29.8 Å². The lowest BCUT2D eigenvalue weighted by atomic mass is 9.96. The van der Waals surface area contributed by atoms with Crippen LogP contribution in [0.5, 0.6) is 0 Å². The van der Waals surface area contributed by atoms with Gasteiger partial charge in [0.2, 0.25) is 10.0 Å². The quantitative estimate of drug-likeness (QED) is 0.658. The highest BCUT2D eigenvalue weighted by Crippen LogP contribution is 2.26. The first-order valence-electron chi connectivity index (χ1n) is 11.4. The van der Waals surface area contributed by atoms with E-state index in [0.29, 0.717) is 11.5 Å². The molecule has 0 unspecified atom stereocenters. The van der Waals surface area contributed by atoms with Gasteiger partial charge in [-0.05, 0) is 56.0 Å². The Morgan fingerprint density at radius 3 is 2.20 bits per heavy atom. The van der Waals surface area contributed by atoms with Crippen molar-refractivity contribution in [1.29, 1.82) is 0 Å². The summed E-state index contributed by atoms with van der Waals surface area (Å²) in [5.41, 5.74) is 0.560. The molecule has 0 spiro atoms. The van der Waals surface area contributed by atoms with Gasteiger partial charge in [-0.15, -0.1) is 0 Å². The zero-order valence-electron chi connectivity index (χ0n) is 18.7. The first-order valence-corrected chi connectivity index (χ1v) is 12.8. The fourth-order valence-electron chi connectivity index (χ4n) is 4.37. The van der Waals surface area contributed by atoms with Crippen LogP contribution in [0.2, 0.25) is 0 Å². The third-order valence-corrected chi connectivity index (χ3v) is 8.47. The number of carbonyl (C=O) groups excluding carboxylic acids is 1. The van der Waals surface area contributed by atoms with Crippen LogP contribution in [-0.2, 0) is 10.0 Å². The lowest BCUT2D eigenvalue weighted by Crippen LogP contribution is -2.49. The molecule has 1 saturated carbocycles. The van der Waals surface area contributed by atoms with Crippen LogP contribution in [0, 0.1) is 5.92 Å². The van der Waals surface area contributed by atoms with Crippen molar-refractivity contribution in [2.75, 3.05) is 39.8 Å². The molecule has 0 radical (unpaired) electrons. The third-order valence-electron chi connectivity index (χ3n) is 6.55. The molecule has 0 N–H and O–H groups in total. The number of carbonyl (C=O) groups is 1. The van der Waals surface area contributed by atoms with E-state index in [1.807, 2.05) is 4.90 Å². The summed E-state index contributed by atoms with van der Waals surface area (Å²) >= 11 is 0. The second-order valence-corrected chi connectivity index (χ2v) is 11.2. The van der Waals surface area contributed by atoms with Crippen molar-refractivity contribution in [2.45, 2.75) is 63.3 Å². The Kier molecular flexibility index (Phi) is 7.93. The Morgan fingerprint density at radius 2 is 1.63 bits per heavy atom. The Morgan fingerprint density at radius 1 is 1.03 bits per heavy atom. The molecule has 1 heterocycles. The maximum absolute atomic E-state index is 13.0. The summed E-state index contributed by atoms with van der Waals surface area (Å²) in [5.74, 6) is 0.680. The zero-order valence-corrected chi connectivity index (χ0v) is 19.5. The molecule has 1 aromatic carbocycles. The summed E-state index contributed by atoms with van der Waals surface area (Å²) in [4.78, 5) is 17.4. The van der Waals surface area contributed by atoms with Crippen molar-refractivity contribution >= 4 is 15.9 Å². The molecular formula is C23H37N3O3S. The summed E-state index contributed by atoms with van der Waals surface area (Å²) in [5, 5.41) is 0. The van der Waals surface area contributed by atoms with Gasteiger partial charge in [0.05, 0.1) is 4.90 Å². The van der Waals surface area contributed by atoms with E-state index in [9.17, 15) is 13.2 Å². The molecule has 0 aromatic heterocycles. The molecule has 1 saturated heterocycles. The summed E-state index contributed by atoms with van der Waals surface area (Å²) in [6.45, 7) is 8.80. The second kappa shape index (κ2) is 10.2. The van der Waals surface area contributed by atoms with Crippen molar-refractivity contribution in [3.63, 3.8) is 0 Å². The number of amides is 1. The van der Waals surface area contributed by atoms with E-state index in [1.165, 1.54) is 17.1 Å². The Labute approximate surface area is 182 Å². The van der Waals surface area contributed by atoms with Crippen LogP contribution in [0.3, 0.4) is 0 Å². The molecule has 0 bridgehead atoms.